The van der Waals surface area contributed by atoms with Crippen LogP contribution in [0, 0.1) is 19.3 Å². The summed E-state index contributed by atoms with van der Waals surface area (Å²) in [5.41, 5.74) is -0.0112. The maximum atomic E-state index is 14.4. The van der Waals surface area contributed by atoms with Gasteiger partial charge in [0.1, 0.15) is 12.2 Å². The molecule has 2 atom stereocenters. The van der Waals surface area contributed by atoms with Crippen LogP contribution in [0.2, 0.25) is 0 Å². The minimum atomic E-state index is -4.55. The molecule has 246 valence electrons. The second kappa shape index (κ2) is 12.2. The number of hydrogen-bond donors (Lipinski definition) is 1. The fourth-order valence-corrected chi connectivity index (χ4v) is 6.29. The van der Waals surface area contributed by atoms with Crippen molar-refractivity contribution < 1.29 is 36.4 Å². The van der Waals surface area contributed by atoms with E-state index in [2.05, 4.69) is 14.7 Å². The number of ether oxygens (including phenoxy) is 2. The lowest BCUT2D eigenvalue weighted by Crippen LogP contribution is -2.56. The predicted octanol–water partition coefficient (Wildman–Crippen LogP) is 6.61. The molecule has 1 saturated carbocycles. The number of carbonyl (C=O) groups excluding carboxylic acids is 2. The number of nitrogens with zero attached hydrogens (tertiary/aromatic N) is 4. The number of aryl methyl sites for hydroxylation is 2. The Morgan fingerprint density at radius 1 is 1.11 bits per heavy atom. The van der Waals surface area contributed by atoms with E-state index in [1.54, 1.807) is 26.8 Å². The molecule has 3 aromatic rings. The molecule has 14 heteroatoms. The number of benzene rings is 2. The maximum absolute atomic E-state index is 14.4. The molecule has 1 aliphatic heterocycles. The van der Waals surface area contributed by atoms with Gasteiger partial charge >= 0.3 is 12.3 Å². The summed E-state index contributed by atoms with van der Waals surface area (Å²) in [7, 11) is -0.695. The molecular weight excluding hydrogens is 623 g/mol. The van der Waals surface area contributed by atoms with Crippen molar-refractivity contribution >= 4 is 28.9 Å². The highest BCUT2D eigenvalue weighted by molar-refractivity contribution is 7.86. The van der Waals surface area contributed by atoms with Gasteiger partial charge in [0, 0.05) is 24.2 Å². The van der Waals surface area contributed by atoms with Gasteiger partial charge < -0.3 is 9.47 Å². The number of fused-ring (bicyclic) bond motifs is 4. The van der Waals surface area contributed by atoms with Gasteiger partial charge in [-0.05, 0) is 83.2 Å². The van der Waals surface area contributed by atoms with Crippen LogP contribution in [-0.4, -0.2) is 67.7 Å². The standard InChI is InChI=1S/C32H36F3N5O5S/c1-19-9-7-10-20(2)26(19)24-16-25-37-28(36-24)38-46(43)23-12-8-11-21(15-23)27(41)40(39(6)29(42)45-30(3,4)5)22(18-44-25)17-31(13-14-31)32(33,34)35/h7-12,15-16,22H,13-14,17-18H2,1-6H3,(H,36,37,38)/t22-,46?/m1/s1. The number of rotatable bonds is 4. The third-order valence-corrected chi connectivity index (χ3v) is 9.01. The number of halogens is 3. The molecule has 46 heavy (non-hydrogen) atoms. The number of anilines is 1. The van der Waals surface area contributed by atoms with Gasteiger partial charge in [-0.3, -0.25) is 9.52 Å². The van der Waals surface area contributed by atoms with Crippen LogP contribution < -0.4 is 9.46 Å². The van der Waals surface area contributed by atoms with Crippen molar-refractivity contribution in [3.05, 3.63) is 65.2 Å². The van der Waals surface area contributed by atoms with Gasteiger partial charge in [-0.2, -0.15) is 18.2 Å². The average Bonchev–Trinajstić information content (AvgIpc) is 3.75. The molecule has 1 aliphatic carbocycles. The Balaban J connectivity index is 1.67. The third kappa shape index (κ3) is 6.96. The zero-order chi connectivity index (χ0) is 33.6. The van der Waals surface area contributed by atoms with Crippen LogP contribution in [0.25, 0.3) is 11.3 Å². The number of carbonyl (C=O) groups is 2. The molecule has 2 heterocycles. The van der Waals surface area contributed by atoms with E-state index >= 15 is 0 Å². The molecule has 2 amide bonds. The van der Waals surface area contributed by atoms with Crippen molar-refractivity contribution in [1.82, 2.24) is 20.0 Å². The summed E-state index contributed by atoms with van der Waals surface area (Å²) in [6.07, 6.45) is -6.29. The first kappa shape index (κ1) is 33.2. The number of hydrogen-bond acceptors (Lipinski definition) is 7. The van der Waals surface area contributed by atoms with E-state index in [-0.39, 0.29) is 35.1 Å². The van der Waals surface area contributed by atoms with Crippen LogP contribution in [0.15, 0.2) is 53.4 Å². The average molecular weight is 660 g/mol. The molecule has 2 aromatic carbocycles. The lowest BCUT2D eigenvalue weighted by Gasteiger charge is -2.40. The number of hydrazine groups is 1. The molecule has 0 radical (unpaired) electrons. The van der Waals surface area contributed by atoms with Crippen LogP contribution in [0.4, 0.5) is 23.9 Å². The molecule has 2 aliphatic rings. The monoisotopic (exact) mass is 659 g/mol. The lowest BCUT2D eigenvalue weighted by molar-refractivity contribution is -0.195. The summed E-state index contributed by atoms with van der Waals surface area (Å²) in [5, 5.41) is 1.82. The highest BCUT2D eigenvalue weighted by Crippen LogP contribution is 2.61. The van der Waals surface area contributed by atoms with Crippen LogP contribution >= 0.6 is 0 Å². The minimum Gasteiger partial charge on any atom is -0.475 e. The van der Waals surface area contributed by atoms with E-state index in [0.717, 1.165) is 26.7 Å². The second-order valence-corrected chi connectivity index (χ2v) is 13.9. The molecule has 1 aromatic heterocycles. The van der Waals surface area contributed by atoms with Gasteiger partial charge in [-0.1, -0.05) is 24.3 Å². The molecular formula is C32H36F3N5O5S. The molecule has 4 bridgehead atoms. The number of aromatic nitrogens is 2. The zero-order valence-electron chi connectivity index (χ0n) is 26.4. The molecule has 1 fully saturated rings. The fourth-order valence-electron chi connectivity index (χ4n) is 5.48. The first-order chi connectivity index (χ1) is 21.5. The Bertz CT molecular complexity index is 1670. The van der Waals surface area contributed by atoms with E-state index in [9.17, 15) is 27.0 Å². The van der Waals surface area contributed by atoms with Gasteiger partial charge in [0.2, 0.25) is 11.8 Å². The molecule has 0 saturated heterocycles. The minimum absolute atomic E-state index is 0.00647. The molecule has 1 N–H and O–H groups in total. The topological polar surface area (TPSA) is 114 Å². The van der Waals surface area contributed by atoms with Crippen LogP contribution in [-0.2, 0) is 15.7 Å². The van der Waals surface area contributed by atoms with Gasteiger partial charge in [0.05, 0.1) is 22.0 Å². The number of nitrogens with one attached hydrogen (secondary N) is 1. The van der Waals surface area contributed by atoms with Gasteiger partial charge in [0.15, 0.2) is 11.0 Å². The predicted molar refractivity (Wildman–Crippen MR) is 165 cm³/mol. The van der Waals surface area contributed by atoms with Gasteiger partial charge in [-0.15, -0.1) is 0 Å². The number of alkyl halides is 3. The largest absolute Gasteiger partial charge is 0.475 e. The lowest BCUT2D eigenvalue weighted by atomic mass is 9.95. The summed E-state index contributed by atoms with van der Waals surface area (Å²) in [6.45, 7) is 8.26. The highest BCUT2D eigenvalue weighted by atomic mass is 32.2. The fraction of sp³-hybridized carbons (Fsp3) is 0.438. The summed E-state index contributed by atoms with van der Waals surface area (Å²) < 4.78 is 70.9. The molecule has 5 rings (SSSR count). The van der Waals surface area contributed by atoms with E-state index in [1.165, 1.54) is 31.3 Å². The highest BCUT2D eigenvalue weighted by Gasteiger charge is 2.64. The smallest absolute Gasteiger partial charge is 0.429 e. The van der Waals surface area contributed by atoms with Gasteiger partial charge in [-0.25, -0.2) is 24.0 Å². The Morgan fingerprint density at radius 3 is 2.37 bits per heavy atom. The summed E-state index contributed by atoms with van der Waals surface area (Å²) in [5.74, 6) is -0.864. The van der Waals surface area contributed by atoms with Gasteiger partial charge in [0.25, 0.3) is 5.91 Å². The Morgan fingerprint density at radius 2 is 1.76 bits per heavy atom. The van der Waals surface area contributed by atoms with E-state index in [1.807, 2.05) is 32.0 Å². The third-order valence-electron chi connectivity index (χ3n) is 7.96. The van der Waals surface area contributed by atoms with E-state index in [4.69, 9.17) is 9.47 Å². The maximum Gasteiger partial charge on any atom is 0.429 e. The summed E-state index contributed by atoms with van der Waals surface area (Å²) >= 11 is 0. The Kier molecular flexibility index (Phi) is 8.79. The van der Waals surface area contributed by atoms with Crippen molar-refractivity contribution in [2.75, 3.05) is 18.4 Å². The van der Waals surface area contributed by atoms with Crippen molar-refractivity contribution in [3.8, 4) is 17.1 Å². The van der Waals surface area contributed by atoms with E-state index in [0.29, 0.717) is 5.69 Å². The zero-order valence-corrected chi connectivity index (χ0v) is 27.2. The van der Waals surface area contributed by atoms with Crippen molar-refractivity contribution in [2.24, 2.45) is 5.41 Å². The van der Waals surface area contributed by atoms with Crippen molar-refractivity contribution in [2.45, 2.75) is 76.6 Å². The Hall–Kier alpha value is -4.20. The summed E-state index contributed by atoms with van der Waals surface area (Å²) in [4.78, 5) is 36.6. The van der Waals surface area contributed by atoms with Crippen molar-refractivity contribution in [1.29, 1.82) is 0 Å². The quantitative estimate of drug-likeness (QED) is 0.335. The number of amides is 2. The van der Waals surface area contributed by atoms with E-state index < -0.39 is 59.2 Å². The first-order valence-corrected chi connectivity index (χ1v) is 15.9. The van der Waals surface area contributed by atoms with Crippen LogP contribution in [0.3, 0.4) is 0 Å². The molecule has 0 spiro atoms. The summed E-state index contributed by atoms with van der Waals surface area (Å²) in [6, 6.07) is 11.8. The Labute approximate surface area is 267 Å². The normalized spacial score (nSPS) is 19.5. The van der Waals surface area contributed by atoms with Crippen LogP contribution in [0.5, 0.6) is 5.88 Å². The first-order valence-electron chi connectivity index (χ1n) is 14.7. The molecule has 10 nitrogen and oxygen atoms in total. The van der Waals surface area contributed by atoms with Crippen molar-refractivity contribution in [3.63, 3.8) is 0 Å². The molecule has 1 unspecified atom stereocenters. The van der Waals surface area contributed by atoms with Crippen LogP contribution in [0.1, 0.15) is 61.5 Å². The second-order valence-electron chi connectivity index (χ2n) is 12.7. The SMILES string of the molecule is Cc1cccc(C)c1-c1cc2nc(n1)NS(=O)c1cccc(c1)C(=O)N(N(C)C(=O)OC(C)(C)C)[C@H](CC1(C(F)(F)F)CC1)CO2.